The summed E-state index contributed by atoms with van der Waals surface area (Å²) in [5.41, 5.74) is 1.77. The number of esters is 1. The molecule has 1 heterocycles. The number of hydrogen-bond acceptors (Lipinski definition) is 4. The van der Waals surface area contributed by atoms with Crippen LogP contribution in [0.3, 0.4) is 0 Å². The SMILES string of the molecule is CCC(=O)OC1CCC2C3CC=C4C5=C(CCC4(C)C3CCC12C)OCCO5. The number of allylic oxidation sites excluding steroid dienone is 3. The molecule has 28 heavy (non-hydrogen) atoms. The summed E-state index contributed by atoms with van der Waals surface area (Å²) < 4.78 is 17.9. The average molecular weight is 387 g/mol. The van der Waals surface area contributed by atoms with Crippen molar-refractivity contribution in [2.24, 2.45) is 28.6 Å². The molecule has 4 heteroatoms. The van der Waals surface area contributed by atoms with E-state index in [1.807, 2.05) is 6.92 Å². The Morgan fingerprint density at radius 3 is 2.79 bits per heavy atom. The molecule has 0 aromatic heterocycles. The van der Waals surface area contributed by atoms with Gasteiger partial charge in [-0.1, -0.05) is 26.8 Å². The van der Waals surface area contributed by atoms with Gasteiger partial charge in [-0.25, -0.2) is 0 Å². The molecule has 2 saturated carbocycles. The van der Waals surface area contributed by atoms with E-state index in [-0.39, 0.29) is 22.9 Å². The Morgan fingerprint density at radius 2 is 1.96 bits per heavy atom. The summed E-state index contributed by atoms with van der Waals surface area (Å²) in [4.78, 5) is 12.0. The summed E-state index contributed by atoms with van der Waals surface area (Å²) in [6.45, 7) is 8.13. The van der Waals surface area contributed by atoms with Crippen LogP contribution >= 0.6 is 0 Å². The molecular formula is C24H34O4. The van der Waals surface area contributed by atoms with Gasteiger partial charge in [0.2, 0.25) is 0 Å². The minimum atomic E-state index is -0.0343. The molecular weight excluding hydrogens is 352 g/mol. The number of carbonyl (C=O) groups excluding carboxylic acids is 1. The van der Waals surface area contributed by atoms with Crippen molar-refractivity contribution >= 4 is 5.97 Å². The second kappa shape index (κ2) is 6.53. The first-order valence-electron chi connectivity index (χ1n) is 11.4. The number of ether oxygens (including phenoxy) is 3. The van der Waals surface area contributed by atoms with Crippen LogP contribution in [0.2, 0.25) is 0 Å². The van der Waals surface area contributed by atoms with Gasteiger partial charge >= 0.3 is 5.97 Å². The Balaban J connectivity index is 1.44. The number of rotatable bonds is 2. The van der Waals surface area contributed by atoms with Crippen molar-refractivity contribution in [1.82, 2.24) is 0 Å². The fourth-order valence-corrected chi connectivity index (χ4v) is 7.40. The lowest BCUT2D eigenvalue weighted by molar-refractivity contribution is -0.159. The molecule has 0 N–H and O–H groups in total. The summed E-state index contributed by atoms with van der Waals surface area (Å²) in [6.07, 6.45) is 11.0. The van der Waals surface area contributed by atoms with Crippen LogP contribution in [0.5, 0.6) is 0 Å². The van der Waals surface area contributed by atoms with Crippen LogP contribution in [0.1, 0.15) is 72.1 Å². The normalized spacial score (nSPS) is 44.2. The highest BCUT2D eigenvalue weighted by molar-refractivity contribution is 5.69. The number of carbonyl (C=O) groups is 1. The van der Waals surface area contributed by atoms with Crippen molar-refractivity contribution < 1.29 is 19.0 Å². The van der Waals surface area contributed by atoms with E-state index < -0.39 is 0 Å². The zero-order chi connectivity index (χ0) is 19.5. The van der Waals surface area contributed by atoms with Crippen LogP contribution in [0.4, 0.5) is 0 Å². The fourth-order valence-electron chi connectivity index (χ4n) is 7.40. The van der Waals surface area contributed by atoms with Gasteiger partial charge < -0.3 is 14.2 Å². The quantitative estimate of drug-likeness (QED) is 0.617. The molecule has 2 fully saturated rings. The first-order valence-corrected chi connectivity index (χ1v) is 11.4. The number of hydrogen-bond donors (Lipinski definition) is 0. The molecule has 154 valence electrons. The summed E-state index contributed by atoms with van der Waals surface area (Å²) in [6, 6.07) is 0. The summed E-state index contributed by atoms with van der Waals surface area (Å²) in [5.74, 6) is 4.17. The largest absolute Gasteiger partial charge is 0.491 e. The van der Waals surface area contributed by atoms with Gasteiger partial charge in [0, 0.05) is 18.3 Å². The van der Waals surface area contributed by atoms with Crippen molar-refractivity contribution in [3.05, 3.63) is 23.2 Å². The highest BCUT2D eigenvalue weighted by Crippen LogP contribution is 2.66. The number of fused-ring (bicyclic) bond motifs is 6. The Kier molecular flexibility index (Phi) is 4.33. The van der Waals surface area contributed by atoms with Gasteiger partial charge in [-0.3, -0.25) is 4.79 Å². The molecule has 0 radical (unpaired) electrons. The van der Waals surface area contributed by atoms with Crippen molar-refractivity contribution in [2.75, 3.05) is 13.2 Å². The predicted octanol–water partition coefficient (Wildman–Crippen LogP) is 5.14. The zero-order valence-electron chi connectivity index (χ0n) is 17.6. The van der Waals surface area contributed by atoms with Crippen LogP contribution in [-0.2, 0) is 19.0 Å². The molecule has 0 aromatic carbocycles. The molecule has 6 unspecified atom stereocenters. The van der Waals surface area contributed by atoms with Gasteiger partial charge in [0.05, 0.1) is 0 Å². The maximum absolute atomic E-state index is 12.0. The lowest BCUT2D eigenvalue weighted by Crippen LogP contribution is -2.51. The molecule has 0 spiro atoms. The Bertz CT molecular complexity index is 737. The maximum atomic E-state index is 12.0. The minimum Gasteiger partial charge on any atom is -0.491 e. The lowest BCUT2D eigenvalue weighted by Gasteiger charge is -2.57. The zero-order valence-corrected chi connectivity index (χ0v) is 17.6. The third kappa shape index (κ3) is 2.52. The van der Waals surface area contributed by atoms with E-state index in [0.29, 0.717) is 37.4 Å². The van der Waals surface area contributed by atoms with E-state index >= 15 is 0 Å². The third-order valence-corrected chi connectivity index (χ3v) is 8.92. The van der Waals surface area contributed by atoms with Crippen LogP contribution in [0, 0.1) is 28.6 Å². The summed E-state index contributed by atoms with van der Waals surface area (Å²) >= 11 is 0. The van der Waals surface area contributed by atoms with Crippen LogP contribution in [0.25, 0.3) is 0 Å². The molecule has 0 amide bonds. The molecule has 0 aromatic rings. The highest BCUT2D eigenvalue weighted by atomic mass is 16.6. The predicted molar refractivity (Wildman–Crippen MR) is 106 cm³/mol. The molecule has 5 aliphatic rings. The molecule has 4 nitrogen and oxygen atoms in total. The summed E-state index contributed by atoms with van der Waals surface area (Å²) in [7, 11) is 0. The molecule has 0 saturated heterocycles. The van der Waals surface area contributed by atoms with E-state index in [1.165, 1.54) is 31.3 Å². The second-order valence-electron chi connectivity index (χ2n) is 10.1. The van der Waals surface area contributed by atoms with E-state index in [1.54, 1.807) is 0 Å². The minimum absolute atomic E-state index is 0.0343. The topological polar surface area (TPSA) is 44.8 Å². The highest BCUT2D eigenvalue weighted by Gasteiger charge is 2.60. The van der Waals surface area contributed by atoms with E-state index in [2.05, 4.69) is 19.9 Å². The van der Waals surface area contributed by atoms with Gasteiger partial charge in [-0.05, 0) is 67.3 Å². The first kappa shape index (κ1) is 18.6. The Labute approximate surface area is 168 Å². The standard InChI is InChI=1S/C24H34O4/c1-4-21(25)28-20-8-7-16-15-5-6-18-22-19(26-13-14-27-22)10-12-23(18,2)17(15)9-11-24(16,20)3/h6,15-17,20H,4-5,7-14H2,1-3H3. The Morgan fingerprint density at radius 1 is 1.14 bits per heavy atom. The average Bonchev–Trinajstić information content (AvgIpc) is 3.03. The monoisotopic (exact) mass is 386 g/mol. The van der Waals surface area contributed by atoms with Crippen LogP contribution in [-0.4, -0.2) is 25.3 Å². The van der Waals surface area contributed by atoms with Crippen molar-refractivity contribution in [3.63, 3.8) is 0 Å². The van der Waals surface area contributed by atoms with E-state index in [9.17, 15) is 4.79 Å². The van der Waals surface area contributed by atoms with E-state index in [4.69, 9.17) is 14.2 Å². The summed E-state index contributed by atoms with van der Waals surface area (Å²) in [5, 5.41) is 0. The van der Waals surface area contributed by atoms with Crippen molar-refractivity contribution in [2.45, 2.75) is 78.2 Å². The van der Waals surface area contributed by atoms with E-state index in [0.717, 1.165) is 30.8 Å². The molecule has 5 rings (SSSR count). The van der Waals surface area contributed by atoms with Crippen LogP contribution < -0.4 is 0 Å². The lowest BCUT2D eigenvalue weighted by atomic mass is 9.48. The molecule has 1 aliphatic heterocycles. The molecule has 0 bridgehead atoms. The van der Waals surface area contributed by atoms with Crippen LogP contribution in [0.15, 0.2) is 23.2 Å². The van der Waals surface area contributed by atoms with Crippen molar-refractivity contribution in [1.29, 1.82) is 0 Å². The molecule has 4 aliphatic carbocycles. The smallest absolute Gasteiger partial charge is 0.305 e. The van der Waals surface area contributed by atoms with Crippen molar-refractivity contribution in [3.8, 4) is 0 Å². The fraction of sp³-hybridized carbons (Fsp3) is 0.792. The van der Waals surface area contributed by atoms with Gasteiger partial charge in [0.1, 0.15) is 25.1 Å². The Hall–Kier alpha value is -1.45. The molecule has 6 atom stereocenters. The third-order valence-electron chi connectivity index (χ3n) is 8.92. The second-order valence-corrected chi connectivity index (χ2v) is 10.1. The van der Waals surface area contributed by atoms with Gasteiger partial charge in [-0.2, -0.15) is 0 Å². The van der Waals surface area contributed by atoms with Gasteiger partial charge in [-0.15, -0.1) is 0 Å². The van der Waals surface area contributed by atoms with Gasteiger partial charge in [0.15, 0.2) is 5.76 Å². The van der Waals surface area contributed by atoms with Gasteiger partial charge in [0.25, 0.3) is 0 Å². The first-order chi connectivity index (χ1) is 13.5. The maximum Gasteiger partial charge on any atom is 0.305 e.